The highest BCUT2D eigenvalue weighted by atomic mass is 32.2. The van der Waals surface area contributed by atoms with Crippen molar-refractivity contribution in [1.29, 1.82) is 0 Å². The third-order valence-corrected chi connectivity index (χ3v) is 3.25. The fourth-order valence-corrected chi connectivity index (χ4v) is 2.02. The van der Waals surface area contributed by atoms with Gasteiger partial charge in [0.15, 0.2) is 0 Å². The van der Waals surface area contributed by atoms with E-state index in [4.69, 9.17) is 5.11 Å². The Morgan fingerprint density at radius 2 is 2.25 bits per heavy atom. The molecule has 0 radical (unpaired) electrons. The van der Waals surface area contributed by atoms with Crippen molar-refractivity contribution in [2.24, 2.45) is 0 Å². The normalized spacial score (nSPS) is 11.7. The standard InChI is InChI=1S/C13H19N3O3S/c1-20-9-6-11(12(17)18)16-13(19)15-8-5-10-4-2-3-7-14-10/h2-4,7,11H,5-6,8-9H2,1H3,(H,17,18)(H2,15,16,19)/t11-/m0/s1. The van der Waals surface area contributed by atoms with Crippen molar-refractivity contribution >= 4 is 23.8 Å². The molecule has 0 aromatic carbocycles. The van der Waals surface area contributed by atoms with Crippen molar-refractivity contribution in [3.8, 4) is 0 Å². The molecule has 0 aliphatic carbocycles. The third kappa shape index (κ3) is 6.42. The highest BCUT2D eigenvalue weighted by Gasteiger charge is 2.18. The summed E-state index contributed by atoms with van der Waals surface area (Å²) in [6.45, 7) is 0.414. The quantitative estimate of drug-likeness (QED) is 0.669. The maximum Gasteiger partial charge on any atom is 0.326 e. The number of carbonyl (C=O) groups excluding carboxylic acids is 1. The monoisotopic (exact) mass is 297 g/mol. The minimum absolute atomic E-state index is 0.407. The van der Waals surface area contributed by atoms with Gasteiger partial charge in [0.25, 0.3) is 0 Å². The Balaban J connectivity index is 2.29. The molecule has 1 atom stereocenters. The second kappa shape index (κ2) is 9.19. The van der Waals surface area contributed by atoms with Crippen LogP contribution in [0, 0.1) is 0 Å². The van der Waals surface area contributed by atoms with Gasteiger partial charge in [-0.2, -0.15) is 11.8 Å². The van der Waals surface area contributed by atoms with Gasteiger partial charge in [0, 0.05) is 24.9 Å². The summed E-state index contributed by atoms with van der Waals surface area (Å²) in [6.07, 6.45) is 4.60. The molecule has 0 saturated heterocycles. The smallest absolute Gasteiger partial charge is 0.326 e. The van der Waals surface area contributed by atoms with Crippen molar-refractivity contribution in [3.05, 3.63) is 30.1 Å². The van der Waals surface area contributed by atoms with Crippen LogP contribution >= 0.6 is 11.8 Å². The molecule has 0 aliphatic rings. The first-order valence-corrected chi connectivity index (χ1v) is 7.69. The lowest BCUT2D eigenvalue weighted by molar-refractivity contribution is -0.139. The Hall–Kier alpha value is -1.76. The van der Waals surface area contributed by atoms with E-state index in [9.17, 15) is 9.59 Å². The fraction of sp³-hybridized carbons (Fsp3) is 0.462. The number of urea groups is 1. The van der Waals surface area contributed by atoms with E-state index >= 15 is 0 Å². The van der Waals surface area contributed by atoms with Crippen molar-refractivity contribution in [2.45, 2.75) is 18.9 Å². The Labute approximate surface area is 122 Å². The number of carboxylic acid groups (broad SMARTS) is 1. The molecule has 1 aromatic rings. The summed E-state index contributed by atoms with van der Waals surface area (Å²) in [6, 6.07) is 4.27. The summed E-state index contributed by atoms with van der Waals surface area (Å²) < 4.78 is 0. The summed E-state index contributed by atoms with van der Waals surface area (Å²) in [5.41, 5.74) is 0.880. The number of carbonyl (C=O) groups is 2. The third-order valence-electron chi connectivity index (χ3n) is 2.61. The van der Waals surface area contributed by atoms with Crippen LogP contribution in [0.2, 0.25) is 0 Å². The van der Waals surface area contributed by atoms with Gasteiger partial charge in [-0.05, 0) is 30.6 Å². The molecule has 0 fully saturated rings. The number of nitrogens with one attached hydrogen (secondary N) is 2. The van der Waals surface area contributed by atoms with Crippen LogP contribution in [-0.4, -0.2) is 46.7 Å². The van der Waals surface area contributed by atoms with Gasteiger partial charge in [0.05, 0.1) is 0 Å². The second-order valence-electron chi connectivity index (χ2n) is 4.14. The van der Waals surface area contributed by atoms with E-state index in [-0.39, 0.29) is 0 Å². The number of amides is 2. The highest BCUT2D eigenvalue weighted by Crippen LogP contribution is 2.01. The van der Waals surface area contributed by atoms with E-state index in [1.54, 1.807) is 18.0 Å². The summed E-state index contributed by atoms with van der Waals surface area (Å²) in [5, 5.41) is 14.1. The number of thioether (sulfide) groups is 1. The second-order valence-corrected chi connectivity index (χ2v) is 5.13. The molecule has 2 amide bonds. The summed E-state index contributed by atoms with van der Waals surface area (Å²) in [5.74, 6) is -0.329. The largest absolute Gasteiger partial charge is 0.480 e. The van der Waals surface area contributed by atoms with Crippen molar-refractivity contribution in [3.63, 3.8) is 0 Å². The van der Waals surface area contributed by atoms with Gasteiger partial charge in [-0.3, -0.25) is 4.98 Å². The molecule has 6 nitrogen and oxygen atoms in total. The molecule has 0 aliphatic heterocycles. The van der Waals surface area contributed by atoms with E-state index in [1.165, 1.54) is 0 Å². The topological polar surface area (TPSA) is 91.3 Å². The zero-order chi connectivity index (χ0) is 14.8. The summed E-state index contributed by atoms with van der Waals surface area (Å²) >= 11 is 1.55. The average molecular weight is 297 g/mol. The van der Waals surface area contributed by atoms with Crippen LogP contribution in [0.15, 0.2) is 24.4 Å². The number of hydrogen-bond acceptors (Lipinski definition) is 4. The molecule has 1 aromatic heterocycles. The van der Waals surface area contributed by atoms with E-state index in [0.717, 1.165) is 5.69 Å². The average Bonchev–Trinajstić information content (AvgIpc) is 2.44. The van der Waals surface area contributed by atoms with E-state index in [2.05, 4.69) is 15.6 Å². The molecule has 1 heterocycles. The molecule has 0 saturated carbocycles. The van der Waals surface area contributed by atoms with Gasteiger partial charge in [-0.1, -0.05) is 6.07 Å². The van der Waals surface area contributed by atoms with E-state index in [0.29, 0.717) is 25.1 Å². The van der Waals surface area contributed by atoms with Gasteiger partial charge in [0.1, 0.15) is 6.04 Å². The van der Waals surface area contributed by atoms with Crippen molar-refractivity contribution in [1.82, 2.24) is 15.6 Å². The first-order chi connectivity index (χ1) is 9.63. The number of aromatic nitrogens is 1. The van der Waals surface area contributed by atoms with Crippen molar-refractivity contribution < 1.29 is 14.7 Å². The van der Waals surface area contributed by atoms with Crippen LogP contribution in [0.4, 0.5) is 4.79 Å². The zero-order valence-corrected chi connectivity index (χ0v) is 12.2. The van der Waals surface area contributed by atoms with E-state index < -0.39 is 18.0 Å². The molecule has 7 heteroatoms. The number of rotatable bonds is 8. The molecule has 3 N–H and O–H groups in total. The first kappa shape index (κ1) is 16.3. The number of pyridine rings is 1. The maximum absolute atomic E-state index is 11.6. The lowest BCUT2D eigenvalue weighted by Gasteiger charge is -2.14. The summed E-state index contributed by atoms with van der Waals surface area (Å²) in [7, 11) is 0. The predicted molar refractivity (Wildman–Crippen MR) is 78.9 cm³/mol. The summed E-state index contributed by atoms with van der Waals surface area (Å²) in [4.78, 5) is 26.7. The lowest BCUT2D eigenvalue weighted by Crippen LogP contribution is -2.46. The van der Waals surface area contributed by atoms with Gasteiger partial charge in [0.2, 0.25) is 0 Å². The molecule has 20 heavy (non-hydrogen) atoms. The Morgan fingerprint density at radius 1 is 1.45 bits per heavy atom. The number of nitrogens with zero attached hydrogens (tertiary/aromatic N) is 1. The Kier molecular flexibility index (Phi) is 7.49. The molecular formula is C13H19N3O3S. The van der Waals surface area contributed by atoms with E-state index in [1.807, 2.05) is 24.5 Å². The lowest BCUT2D eigenvalue weighted by atomic mass is 10.2. The van der Waals surface area contributed by atoms with Crippen LogP contribution in [0.1, 0.15) is 12.1 Å². The zero-order valence-electron chi connectivity index (χ0n) is 11.3. The first-order valence-electron chi connectivity index (χ1n) is 6.29. The van der Waals surface area contributed by atoms with Crippen LogP contribution < -0.4 is 10.6 Å². The molecule has 0 spiro atoms. The van der Waals surface area contributed by atoms with Crippen molar-refractivity contribution in [2.75, 3.05) is 18.6 Å². The van der Waals surface area contributed by atoms with Crippen LogP contribution in [0.5, 0.6) is 0 Å². The Bertz CT molecular complexity index is 428. The Morgan fingerprint density at radius 3 is 2.85 bits per heavy atom. The molecule has 110 valence electrons. The van der Waals surface area contributed by atoms with Gasteiger partial charge < -0.3 is 15.7 Å². The van der Waals surface area contributed by atoms with Crippen LogP contribution in [-0.2, 0) is 11.2 Å². The number of hydrogen-bond donors (Lipinski definition) is 3. The molecular weight excluding hydrogens is 278 g/mol. The molecule has 0 bridgehead atoms. The highest BCUT2D eigenvalue weighted by molar-refractivity contribution is 7.98. The number of aliphatic carboxylic acids is 1. The van der Waals surface area contributed by atoms with Gasteiger partial charge >= 0.3 is 12.0 Å². The fourth-order valence-electron chi connectivity index (χ4n) is 1.55. The van der Waals surface area contributed by atoms with Gasteiger partial charge in [-0.25, -0.2) is 9.59 Å². The minimum atomic E-state index is -1.01. The molecule has 0 unspecified atom stereocenters. The van der Waals surface area contributed by atoms with Crippen LogP contribution in [0.3, 0.4) is 0 Å². The SMILES string of the molecule is CSCC[C@H](NC(=O)NCCc1ccccn1)C(=O)O. The minimum Gasteiger partial charge on any atom is -0.480 e. The molecule has 1 rings (SSSR count). The maximum atomic E-state index is 11.6. The number of carboxylic acids is 1. The predicted octanol–water partition coefficient (Wildman–Crippen LogP) is 1.13. The van der Waals surface area contributed by atoms with Gasteiger partial charge in [-0.15, -0.1) is 0 Å². The van der Waals surface area contributed by atoms with Crippen LogP contribution in [0.25, 0.3) is 0 Å².